The second kappa shape index (κ2) is 7.48. The summed E-state index contributed by atoms with van der Waals surface area (Å²) in [5.41, 5.74) is 0.0879. The van der Waals surface area contributed by atoms with E-state index in [1.807, 2.05) is 0 Å². The maximum atomic E-state index is 12.7. The number of nitrogens with zero attached hydrogens (tertiary/aromatic N) is 3. The van der Waals surface area contributed by atoms with Crippen molar-refractivity contribution in [1.29, 1.82) is 0 Å². The van der Waals surface area contributed by atoms with Crippen molar-refractivity contribution >= 4 is 11.7 Å². The molecule has 2 heterocycles. The number of amides is 1. The van der Waals surface area contributed by atoms with Crippen LogP contribution in [-0.2, 0) is 12.9 Å². The van der Waals surface area contributed by atoms with Gasteiger partial charge in [0.2, 0.25) is 0 Å². The number of anilines is 1. The number of alkyl halides is 3. The van der Waals surface area contributed by atoms with Crippen LogP contribution in [0.1, 0.15) is 21.7 Å². The third-order valence-electron chi connectivity index (χ3n) is 3.53. The molecular weight excluding hydrogens is 361 g/mol. The molecule has 6 nitrogen and oxygen atoms in total. The van der Waals surface area contributed by atoms with E-state index in [0.717, 1.165) is 17.8 Å². The van der Waals surface area contributed by atoms with Crippen molar-refractivity contribution in [1.82, 2.24) is 14.8 Å². The summed E-state index contributed by atoms with van der Waals surface area (Å²) in [6.45, 7) is 1.66. The van der Waals surface area contributed by atoms with Gasteiger partial charge in [-0.1, -0.05) is 12.1 Å². The van der Waals surface area contributed by atoms with Gasteiger partial charge in [0.1, 0.15) is 11.6 Å². The van der Waals surface area contributed by atoms with Gasteiger partial charge in [0, 0.05) is 11.9 Å². The van der Waals surface area contributed by atoms with E-state index in [0.29, 0.717) is 5.82 Å². The Kier molecular flexibility index (Phi) is 5.11. The third-order valence-corrected chi connectivity index (χ3v) is 3.53. The normalized spacial score (nSPS) is 11.3. The number of carbonyl (C=O) groups excluding carboxylic acids is 1. The van der Waals surface area contributed by atoms with Gasteiger partial charge in [-0.15, -0.1) is 0 Å². The van der Waals surface area contributed by atoms with Gasteiger partial charge in [-0.2, -0.15) is 18.3 Å². The Labute approximate surface area is 152 Å². The predicted octanol–water partition coefficient (Wildman–Crippen LogP) is 3.89. The number of benzene rings is 1. The number of hydrogen-bond donors (Lipinski definition) is 1. The Balaban J connectivity index is 1.62. The van der Waals surface area contributed by atoms with Crippen LogP contribution in [0.4, 0.5) is 19.0 Å². The Hall–Kier alpha value is -3.36. The molecule has 9 heteroatoms. The first-order chi connectivity index (χ1) is 12.8. The average molecular weight is 376 g/mol. The molecule has 0 atom stereocenters. The topological polar surface area (TPSA) is 69.0 Å². The summed E-state index contributed by atoms with van der Waals surface area (Å²) < 4.78 is 44.7. The minimum absolute atomic E-state index is 0.0512. The summed E-state index contributed by atoms with van der Waals surface area (Å²) in [6.07, 6.45) is -2.95. The highest BCUT2D eigenvalue weighted by Crippen LogP contribution is 2.31. The summed E-state index contributed by atoms with van der Waals surface area (Å²) in [5.74, 6) is -0.00373. The van der Waals surface area contributed by atoms with Crippen LogP contribution < -0.4 is 10.1 Å². The van der Waals surface area contributed by atoms with E-state index in [1.165, 1.54) is 29.1 Å². The highest BCUT2D eigenvalue weighted by atomic mass is 19.4. The number of aryl methyl sites for hydroxylation is 1. The van der Waals surface area contributed by atoms with Gasteiger partial charge in [0.25, 0.3) is 5.91 Å². The molecule has 140 valence electrons. The predicted molar refractivity (Wildman–Crippen MR) is 91.2 cm³/mol. The lowest BCUT2D eigenvalue weighted by Crippen LogP contribution is -2.15. The molecular formula is C18H15F3N4O2. The molecule has 1 N–H and O–H groups in total. The highest BCUT2D eigenvalue weighted by molar-refractivity contribution is 6.02. The molecule has 0 spiro atoms. The van der Waals surface area contributed by atoms with Crippen LogP contribution in [0.2, 0.25) is 0 Å². The van der Waals surface area contributed by atoms with Crippen molar-refractivity contribution < 1.29 is 22.7 Å². The Bertz CT molecular complexity index is 954. The summed E-state index contributed by atoms with van der Waals surface area (Å²) in [4.78, 5) is 16.3. The van der Waals surface area contributed by atoms with E-state index in [4.69, 9.17) is 4.74 Å². The first kappa shape index (κ1) is 18.4. The second-order valence-corrected chi connectivity index (χ2v) is 5.66. The van der Waals surface area contributed by atoms with Crippen molar-refractivity contribution in [2.75, 3.05) is 5.32 Å². The monoisotopic (exact) mass is 376 g/mol. The number of pyridine rings is 1. The average Bonchev–Trinajstić information content (AvgIpc) is 3.09. The van der Waals surface area contributed by atoms with Gasteiger partial charge in [-0.3, -0.25) is 4.79 Å². The number of aromatic nitrogens is 3. The van der Waals surface area contributed by atoms with Crippen LogP contribution >= 0.6 is 0 Å². The fourth-order valence-electron chi connectivity index (χ4n) is 2.25. The molecule has 0 bridgehead atoms. The minimum atomic E-state index is -4.44. The molecule has 3 aromatic rings. The van der Waals surface area contributed by atoms with E-state index >= 15 is 0 Å². The van der Waals surface area contributed by atoms with Crippen molar-refractivity contribution in [2.24, 2.45) is 0 Å². The smallest absolute Gasteiger partial charge is 0.416 e. The van der Waals surface area contributed by atoms with Crippen LogP contribution in [0.3, 0.4) is 0 Å². The van der Waals surface area contributed by atoms with Gasteiger partial charge in [-0.05, 0) is 43.3 Å². The van der Waals surface area contributed by atoms with Crippen LogP contribution in [0.15, 0.2) is 54.7 Å². The molecule has 0 saturated heterocycles. The zero-order valence-electron chi connectivity index (χ0n) is 14.2. The summed E-state index contributed by atoms with van der Waals surface area (Å²) in [6, 6.07) is 11.2. The highest BCUT2D eigenvalue weighted by Gasteiger charge is 2.30. The van der Waals surface area contributed by atoms with Crippen LogP contribution in [-0.4, -0.2) is 20.7 Å². The maximum absolute atomic E-state index is 12.7. The molecule has 0 radical (unpaired) electrons. The molecule has 2 aromatic heterocycles. The standard InChI is InChI=1S/C18H15F3N4O2/c1-12-4-2-7-16(22-12)23-17(26)15-8-9-25(24-15)11-27-14-6-3-5-13(10-14)18(19,20)21/h2-10H,11H2,1H3,(H,22,23,26). The lowest BCUT2D eigenvalue weighted by molar-refractivity contribution is -0.137. The van der Waals surface area contributed by atoms with Gasteiger partial charge in [0.05, 0.1) is 5.56 Å². The molecule has 0 unspecified atom stereocenters. The van der Waals surface area contributed by atoms with Crippen molar-refractivity contribution in [3.63, 3.8) is 0 Å². The molecule has 3 rings (SSSR count). The van der Waals surface area contributed by atoms with Gasteiger partial charge >= 0.3 is 6.18 Å². The molecule has 1 aromatic carbocycles. The first-order valence-electron chi connectivity index (χ1n) is 7.90. The fourth-order valence-corrected chi connectivity index (χ4v) is 2.25. The quantitative estimate of drug-likeness (QED) is 0.733. The third kappa shape index (κ3) is 4.84. The van der Waals surface area contributed by atoms with Crippen molar-refractivity contribution in [3.05, 3.63) is 71.7 Å². The zero-order valence-corrected chi connectivity index (χ0v) is 14.2. The lowest BCUT2D eigenvalue weighted by atomic mass is 10.2. The maximum Gasteiger partial charge on any atom is 0.416 e. The Morgan fingerprint density at radius 3 is 2.70 bits per heavy atom. The Morgan fingerprint density at radius 1 is 1.19 bits per heavy atom. The lowest BCUT2D eigenvalue weighted by Gasteiger charge is -2.10. The van der Waals surface area contributed by atoms with Crippen molar-refractivity contribution in [3.8, 4) is 5.75 Å². The summed E-state index contributed by atoms with van der Waals surface area (Å²) in [5, 5.41) is 6.66. The largest absolute Gasteiger partial charge is 0.471 e. The van der Waals surface area contributed by atoms with Crippen LogP contribution in [0.5, 0.6) is 5.75 Å². The van der Waals surface area contributed by atoms with E-state index < -0.39 is 17.6 Å². The summed E-state index contributed by atoms with van der Waals surface area (Å²) in [7, 11) is 0. The van der Waals surface area contributed by atoms with Gasteiger partial charge in [0.15, 0.2) is 12.4 Å². The van der Waals surface area contributed by atoms with Crippen LogP contribution in [0, 0.1) is 6.92 Å². The Morgan fingerprint density at radius 2 is 1.96 bits per heavy atom. The van der Waals surface area contributed by atoms with E-state index in [-0.39, 0.29) is 18.2 Å². The first-order valence-corrected chi connectivity index (χ1v) is 7.90. The molecule has 27 heavy (non-hydrogen) atoms. The van der Waals surface area contributed by atoms with E-state index in [1.54, 1.807) is 25.1 Å². The molecule has 0 saturated carbocycles. The van der Waals surface area contributed by atoms with E-state index in [2.05, 4.69) is 15.4 Å². The van der Waals surface area contributed by atoms with Crippen molar-refractivity contribution in [2.45, 2.75) is 19.8 Å². The fraction of sp³-hybridized carbons (Fsp3) is 0.167. The number of rotatable bonds is 5. The SMILES string of the molecule is Cc1cccc(NC(=O)c2ccn(COc3cccc(C(F)(F)F)c3)n2)n1. The minimum Gasteiger partial charge on any atom is -0.471 e. The molecule has 0 aliphatic rings. The molecule has 0 aliphatic carbocycles. The number of hydrogen-bond acceptors (Lipinski definition) is 4. The van der Waals surface area contributed by atoms with Gasteiger partial charge < -0.3 is 10.1 Å². The van der Waals surface area contributed by atoms with Crippen LogP contribution in [0.25, 0.3) is 0 Å². The zero-order chi connectivity index (χ0) is 19.4. The number of carbonyl (C=O) groups is 1. The molecule has 0 aliphatic heterocycles. The summed E-state index contributed by atoms with van der Waals surface area (Å²) >= 11 is 0. The van der Waals surface area contributed by atoms with E-state index in [9.17, 15) is 18.0 Å². The number of ether oxygens (including phenoxy) is 1. The number of nitrogens with one attached hydrogen (secondary N) is 1. The second-order valence-electron chi connectivity index (χ2n) is 5.66. The van der Waals surface area contributed by atoms with Gasteiger partial charge in [-0.25, -0.2) is 9.67 Å². The number of halogens is 3. The molecule has 0 fully saturated rings. The molecule has 1 amide bonds.